The van der Waals surface area contributed by atoms with Gasteiger partial charge < -0.3 is 15.4 Å². The van der Waals surface area contributed by atoms with E-state index < -0.39 is 0 Å². The number of nitrogens with zero attached hydrogens (tertiary/aromatic N) is 1. The first-order chi connectivity index (χ1) is 8.67. The summed E-state index contributed by atoms with van der Waals surface area (Å²) in [5.41, 5.74) is 10.8. The first-order valence-electron chi connectivity index (χ1n) is 6.57. The van der Waals surface area contributed by atoms with E-state index in [-0.39, 0.29) is 6.61 Å². The molecule has 0 aliphatic rings. The molecule has 3 nitrogen and oxygen atoms in total. The summed E-state index contributed by atoms with van der Waals surface area (Å²) in [5, 5.41) is 10.5. The van der Waals surface area contributed by atoms with Crippen molar-refractivity contribution in [3.05, 3.63) is 35.0 Å². The van der Waals surface area contributed by atoms with Crippen LogP contribution in [0.25, 0.3) is 10.9 Å². The molecule has 0 aliphatic carbocycles. The molecule has 0 aliphatic heterocycles. The van der Waals surface area contributed by atoms with Crippen LogP contribution >= 0.6 is 0 Å². The van der Waals surface area contributed by atoms with Gasteiger partial charge in [-0.15, -0.1) is 0 Å². The number of aryl methyl sites for hydroxylation is 3. The monoisotopic (exact) mass is 246 g/mol. The van der Waals surface area contributed by atoms with Crippen molar-refractivity contribution < 1.29 is 5.11 Å². The molecule has 18 heavy (non-hydrogen) atoms. The summed E-state index contributed by atoms with van der Waals surface area (Å²) in [6.45, 7) is 5.81. The van der Waals surface area contributed by atoms with E-state index in [0.717, 1.165) is 19.4 Å². The van der Waals surface area contributed by atoms with E-state index in [1.54, 1.807) is 0 Å². The minimum absolute atomic E-state index is 0.174. The molecule has 1 aromatic heterocycles. The van der Waals surface area contributed by atoms with Crippen molar-refractivity contribution in [2.45, 2.75) is 33.2 Å². The van der Waals surface area contributed by atoms with Gasteiger partial charge in [-0.2, -0.15) is 0 Å². The fourth-order valence-electron chi connectivity index (χ4n) is 2.68. The van der Waals surface area contributed by atoms with Gasteiger partial charge in [0, 0.05) is 18.1 Å². The third-order valence-corrected chi connectivity index (χ3v) is 3.38. The molecule has 0 amide bonds. The average Bonchev–Trinajstić information content (AvgIpc) is 2.65. The maximum Gasteiger partial charge on any atom is 0.0610 e. The minimum Gasteiger partial charge on any atom is -0.395 e. The van der Waals surface area contributed by atoms with Gasteiger partial charge in [0.2, 0.25) is 0 Å². The molecule has 2 aromatic rings. The molecular formula is C15H22N2O. The molecule has 98 valence electrons. The maximum absolute atomic E-state index is 9.17. The number of aliphatic hydroxyl groups is 1. The Bertz CT molecular complexity index is 543. The first kappa shape index (κ1) is 13.1. The number of benzene rings is 1. The lowest BCUT2D eigenvalue weighted by molar-refractivity contribution is 0.278. The van der Waals surface area contributed by atoms with E-state index in [0.29, 0.717) is 6.54 Å². The van der Waals surface area contributed by atoms with E-state index in [1.165, 1.54) is 27.6 Å². The highest BCUT2D eigenvalue weighted by molar-refractivity contribution is 5.87. The molecule has 0 spiro atoms. The molecule has 1 heterocycles. The number of hydrogen-bond acceptors (Lipinski definition) is 2. The highest BCUT2D eigenvalue weighted by Crippen LogP contribution is 2.27. The van der Waals surface area contributed by atoms with Crippen LogP contribution in [-0.4, -0.2) is 22.8 Å². The normalized spacial score (nSPS) is 11.3. The van der Waals surface area contributed by atoms with Crippen LogP contribution in [0.15, 0.2) is 18.3 Å². The lowest BCUT2D eigenvalue weighted by atomic mass is 10.0. The van der Waals surface area contributed by atoms with Crippen molar-refractivity contribution in [1.29, 1.82) is 0 Å². The van der Waals surface area contributed by atoms with Crippen molar-refractivity contribution in [3.8, 4) is 0 Å². The summed E-state index contributed by atoms with van der Waals surface area (Å²) in [7, 11) is 0. The standard InChI is InChI=1S/C15H22N2O/c1-11-8-12(2)15-14(9-11)13(4-3-5-16)10-17(15)6-7-18/h8-10,18H,3-7,16H2,1-2H3. The first-order valence-corrected chi connectivity index (χ1v) is 6.57. The maximum atomic E-state index is 9.17. The quantitative estimate of drug-likeness (QED) is 0.849. The molecule has 0 radical (unpaired) electrons. The smallest absolute Gasteiger partial charge is 0.0610 e. The van der Waals surface area contributed by atoms with Crippen LogP contribution in [0.4, 0.5) is 0 Å². The van der Waals surface area contributed by atoms with Crippen LogP contribution in [0, 0.1) is 13.8 Å². The lowest BCUT2D eigenvalue weighted by Crippen LogP contribution is -2.01. The van der Waals surface area contributed by atoms with E-state index in [4.69, 9.17) is 10.8 Å². The Morgan fingerprint density at radius 2 is 2.06 bits per heavy atom. The second-order valence-electron chi connectivity index (χ2n) is 4.94. The van der Waals surface area contributed by atoms with Crippen LogP contribution in [-0.2, 0) is 13.0 Å². The Balaban J connectivity index is 2.56. The Morgan fingerprint density at radius 1 is 1.28 bits per heavy atom. The fraction of sp³-hybridized carbons (Fsp3) is 0.467. The van der Waals surface area contributed by atoms with E-state index >= 15 is 0 Å². The van der Waals surface area contributed by atoms with Gasteiger partial charge in [-0.25, -0.2) is 0 Å². The SMILES string of the molecule is Cc1cc(C)c2c(c1)c(CCCN)cn2CCO. The van der Waals surface area contributed by atoms with Gasteiger partial charge in [0.05, 0.1) is 12.1 Å². The van der Waals surface area contributed by atoms with Crippen LogP contribution in [0.3, 0.4) is 0 Å². The van der Waals surface area contributed by atoms with Gasteiger partial charge in [0.25, 0.3) is 0 Å². The average molecular weight is 246 g/mol. The molecule has 0 atom stereocenters. The molecular weight excluding hydrogens is 224 g/mol. The molecule has 0 fully saturated rings. The summed E-state index contributed by atoms with van der Waals surface area (Å²) in [6, 6.07) is 4.44. The Labute approximate surface area is 108 Å². The van der Waals surface area contributed by atoms with E-state index in [9.17, 15) is 0 Å². The summed E-state index contributed by atoms with van der Waals surface area (Å²) in [5.74, 6) is 0. The van der Waals surface area contributed by atoms with Gasteiger partial charge in [-0.3, -0.25) is 0 Å². The number of hydrogen-bond donors (Lipinski definition) is 2. The molecule has 0 saturated heterocycles. The molecule has 3 N–H and O–H groups in total. The van der Waals surface area contributed by atoms with Crippen LogP contribution in [0.1, 0.15) is 23.1 Å². The van der Waals surface area contributed by atoms with Crippen molar-refractivity contribution >= 4 is 10.9 Å². The molecule has 1 aromatic carbocycles. The van der Waals surface area contributed by atoms with Crippen LogP contribution in [0.2, 0.25) is 0 Å². The second-order valence-corrected chi connectivity index (χ2v) is 4.94. The van der Waals surface area contributed by atoms with E-state index in [2.05, 4.69) is 36.7 Å². The molecule has 0 unspecified atom stereocenters. The van der Waals surface area contributed by atoms with Gasteiger partial charge in [0.15, 0.2) is 0 Å². The number of rotatable bonds is 5. The van der Waals surface area contributed by atoms with Crippen molar-refractivity contribution in [2.24, 2.45) is 5.73 Å². The Hall–Kier alpha value is -1.32. The van der Waals surface area contributed by atoms with Crippen molar-refractivity contribution in [2.75, 3.05) is 13.2 Å². The highest BCUT2D eigenvalue weighted by atomic mass is 16.3. The zero-order valence-electron chi connectivity index (χ0n) is 11.2. The number of fused-ring (bicyclic) bond motifs is 1. The van der Waals surface area contributed by atoms with Gasteiger partial charge >= 0.3 is 0 Å². The summed E-state index contributed by atoms with van der Waals surface area (Å²) < 4.78 is 2.16. The second kappa shape index (κ2) is 5.55. The van der Waals surface area contributed by atoms with Gasteiger partial charge in [0.1, 0.15) is 0 Å². The third-order valence-electron chi connectivity index (χ3n) is 3.38. The molecule has 3 heteroatoms. The van der Waals surface area contributed by atoms with Crippen LogP contribution < -0.4 is 5.73 Å². The number of aliphatic hydroxyl groups excluding tert-OH is 1. The lowest BCUT2D eigenvalue weighted by Gasteiger charge is -2.06. The van der Waals surface area contributed by atoms with Crippen molar-refractivity contribution in [1.82, 2.24) is 4.57 Å². The molecule has 2 rings (SSSR count). The zero-order chi connectivity index (χ0) is 13.1. The van der Waals surface area contributed by atoms with Crippen molar-refractivity contribution in [3.63, 3.8) is 0 Å². The van der Waals surface area contributed by atoms with Gasteiger partial charge in [-0.05, 0) is 50.4 Å². The third kappa shape index (κ3) is 2.42. The molecule has 0 saturated carbocycles. The summed E-state index contributed by atoms with van der Waals surface area (Å²) in [4.78, 5) is 0. The summed E-state index contributed by atoms with van der Waals surface area (Å²) >= 11 is 0. The topological polar surface area (TPSA) is 51.2 Å². The molecule has 0 bridgehead atoms. The minimum atomic E-state index is 0.174. The fourth-order valence-corrected chi connectivity index (χ4v) is 2.68. The zero-order valence-corrected chi connectivity index (χ0v) is 11.2. The summed E-state index contributed by atoms with van der Waals surface area (Å²) in [6.07, 6.45) is 4.18. The predicted octanol–water partition coefficient (Wildman–Crippen LogP) is 2.14. The van der Waals surface area contributed by atoms with Gasteiger partial charge in [-0.1, -0.05) is 11.6 Å². The number of nitrogens with two attached hydrogens (primary N) is 1. The predicted molar refractivity (Wildman–Crippen MR) is 75.9 cm³/mol. The highest BCUT2D eigenvalue weighted by Gasteiger charge is 2.10. The largest absolute Gasteiger partial charge is 0.395 e. The van der Waals surface area contributed by atoms with Crippen LogP contribution in [0.5, 0.6) is 0 Å². The van der Waals surface area contributed by atoms with E-state index in [1.807, 2.05) is 0 Å². The number of aromatic nitrogens is 1. The Morgan fingerprint density at radius 3 is 2.72 bits per heavy atom. The Kier molecular flexibility index (Phi) is 4.04.